The Morgan fingerprint density at radius 3 is 2.32 bits per heavy atom. The zero-order valence-corrected chi connectivity index (χ0v) is 15.3. The van der Waals surface area contributed by atoms with Crippen LogP contribution >= 0.6 is 0 Å². The molecule has 1 fully saturated rings. The molecule has 1 saturated carbocycles. The Balaban J connectivity index is 2.38. The quantitative estimate of drug-likeness (QED) is 0.426. The van der Waals surface area contributed by atoms with Crippen LogP contribution in [0.25, 0.3) is 0 Å². The Hall–Kier alpha value is -0.570. The maximum absolute atomic E-state index is 12.5. The molecular weight excluding hydrogens is 276 g/mol. The summed E-state index contributed by atoms with van der Waals surface area (Å²) in [6.45, 7) is 10.9. The molecule has 3 nitrogen and oxygen atoms in total. The van der Waals surface area contributed by atoms with Crippen molar-refractivity contribution in [2.45, 2.75) is 92.3 Å². The predicted molar refractivity (Wildman–Crippen MR) is 90.6 cm³/mol. The van der Waals surface area contributed by atoms with Crippen molar-refractivity contribution < 1.29 is 14.3 Å². The Bertz CT molecular complexity index is 321. The van der Waals surface area contributed by atoms with Crippen molar-refractivity contribution >= 4 is 5.97 Å². The molecule has 2 atom stereocenters. The highest BCUT2D eigenvalue weighted by atomic mass is 16.7. The number of esters is 1. The van der Waals surface area contributed by atoms with Gasteiger partial charge in [-0.15, -0.1) is 0 Å². The molecule has 3 heteroatoms. The van der Waals surface area contributed by atoms with E-state index in [9.17, 15) is 4.79 Å². The fourth-order valence-electron chi connectivity index (χ4n) is 3.12. The molecule has 0 aliphatic heterocycles. The predicted octanol–water partition coefficient (Wildman–Crippen LogP) is 5.33. The summed E-state index contributed by atoms with van der Waals surface area (Å²) in [5, 5.41) is 0. The fraction of sp³-hybridized carbons (Fsp3) is 0.947. The Morgan fingerprint density at radius 1 is 1.18 bits per heavy atom. The molecule has 22 heavy (non-hydrogen) atoms. The molecule has 1 aliphatic rings. The lowest BCUT2D eigenvalue weighted by Gasteiger charge is -2.32. The highest BCUT2D eigenvalue weighted by molar-refractivity contribution is 5.76. The topological polar surface area (TPSA) is 35.5 Å². The van der Waals surface area contributed by atoms with E-state index in [1.807, 2.05) is 20.8 Å². The second-order valence-electron chi connectivity index (χ2n) is 7.33. The third-order valence-corrected chi connectivity index (χ3v) is 5.60. The Morgan fingerprint density at radius 2 is 1.82 bits per heavy atom. The minimum absolute atomic E-state index is 0.116. The SMILES string of the molecule is CCC(OCCC1CCCCC1)OC(=O)C(C)(CC)C(C)C. The summed E-state index contributed by atoms with van der Waals surface area (Å²) >= 11 is 0. The molecule has 0 amide bonds. The Labute approximate surface area is 137 Å². The lowest BCUT2D eigenvalue weighted by molar-refractivity contribution is -0.193. The average molecular weight is 312 g/mol. The minimum atomic E-state index is -0.417. The van der Waals surface area contributed by atoms with E-state index in [2.05, 4.69) is 13.8 Å². The van der Waals surface area contributed by atoms with Crippen molar-refractivity contribution in [1.29, 1.82) is 0 Å². The highest BCUT2D eigenvalue weighted by Gasteiger charge is 2.37. The lowest BCUT2D eigenvalue weighted by atomic mass is 9.77. The first-order chi connectivity index (χ1) is 10.4. The minimum Gasteiger partial charge on any atom is -0.435 e. The number of ether oxygens (including phenoxy) is 2. The number of carbonyl (C=O) groups excluding carboxylic acids is 1. The third kappa shape index (κ3) is 5.57. The van der Waals surface area contributed by atoms with Gasteiger partial charge in [-0.2, -0.15) is 0 Å². The maximum atomic E-state index is 12.5. The molecule has 0 aromatic rings. The van der Waals surface area contributed by atoms with Gasteiger partial charge in [-0.25, -0.2) is 0 Å². The molecule has 0 radical (unpaired) electrons. The van der Waals surface area contributed by atoms with Crippen LogP contribution < -0.4 is 0 Å². The van der Waals surface area contributed by atoms with Crippen LogP contribution in [0.5, 0.6) is 0 Å². The second-order valence-corrected chi connectivity index (χ2v) is 7.33. The van der Waals surface area contributed by atoms with Crippen molar-refractivity contribution in [2.75, 3.05) is 6.61 Å². The average Bonchev–Trinajstić information content (AvgIpc) is 2.53. The van der Waals surface area contributed by atoms with Crippen LogP contribution in [0.1, 0.15) is 86.0 Å². The smallest absolute Gasteiger partial charge is 0.314 e. The van der Waals surface area contributed by atoms with E-state index in [0.717, 1.165) is 18.8 Å². The second kappa shape index (κ2) is 9.54. The van der Waals surface area contributed by atoms with Crippen molar-refractivity contribution in [1.82, 2.24) is 0 Å². The van der Waals surface area contributed by atoms with Crippen molar-refractivity contribution in [3.63, 3.8) is 0 Å². The van der Waals surface area contributed by atoms with Crippen LogP contribution in [0.3, 0.4) is 0 Å². The van der Waals surface area contributed by atoms with Gasteiger partial charge in [0.2, 0.25) is 6.29 Å². The molecule has 0 saturated heterocycles. The summed E-state index contributed by atoms with van der Waals surface area (Å²) in [6, 6.07) is 0. The van der Waals surface area contributed by atoms with Gasteiger partial charge in [0.05, 0.1) is 12.0 Å². The maximum Gasteiger partial charge on any atom is 0.314 e. The summed E-state index contributed by atoms with van der Waals surface area (Å²) in [5.74, 6) is 0.956. The van der Waals surface area contributed by atoms with Crippen LogP contribution in [0.4, 0.5) is 0 Å². The molecule has 0 aromatic carbocycles. The fourth-order valence-corrected chi connectivity index (χ4v) is 3.12. The van der Waals surface area contributed by atoms with Gasteiger partial charge in [0.1, 0.15) is 0 Å². The van der Waals surface area contributed by atoms with Gasteiger partial charge < -0.3 is 9.47 Å². The molecule has 0 bridgehead atoms. The van der Waals surface area contributed by atoms with E-state index in [0.29, 0.717) is 13.0 Å². The first-order valence-corrected chi connectivity index (χ1v) is 9.26. The molecule has 0 aromatic heterocycles. The summed E-state index contributed by atoms with van der Waals surface area (Å²) in [4.78, 5) is 12.5. The monoisotopic (exact) mass is 312 g/mol. The van der Waals surface area contributed by atoms with E-state index >= 15 is 0 Å². The van der Waals surface area contributed by atoms with Gasteiger partial charge in [0.15, 0.2) is 0 Å². The third-order valence-electron chi connectivity index (χ3n) is 5.60. The van der Waals surface area contributed by atoms with Gasteiger partial charge in [-0.1, -0.05) is 59.8 Å². The van der Waals surface area contributed by atoms with Gasteiger partial charge >= 0.3 is 5.97 Å². The largest absolute Gasteiger partial charge is 0.435 e. The molecule has 0 heterocycles. The first kappa shape index (κ1) is 19.5. The molecule has 0 N–H and O–H groups in total. The molecule has 1 rings (SSSR count). The van der Waals surface area contributed by atoms with Crippen LogP contribution in [-0.2, 0) is 14.3 Å². The van der Waals surface area contributed by atoms with E-state index in [1.54, 1.807) is 0 Å². The normalized spacial score (nSPS) is 20.6. The zero-order valence-electron chi connectivity index (χ0n) is 15.3. The number of hydrogen-bond donors (Lipinski definition) is 0. The van der Waals surface area contributed by atoms with Gasteiger partial charge in [-0.3, -0.25) is 4.79 Å². The van der Waals surface area contributed by atoms with Gasteiger partial charge in [0, 0.05) is 6.42 Å². The van der Waals surface area contributed by atoms with Crippen LogP contribution in [-0.4, -0.2) is 18.9 Å². The summed E-state index contributed by atoms with van der Waals surface area (Å²) in [5.41, 5.74) is -0.417. The summed E-state index contributed by atoms with van der Waals surface area (Å²) < 4.78 is 11.5. The molecule has 1 aliphatic carbocycles. The van der Waals surface area contributed by atoms with Gasteiger partial charge in [0.25, 0.3) is 0 Å². The summed E-state index contributed by atoms with van der Waals surface area (Å²) in [6.07, 6.45) is 9.00. The van der Waals surface area contributed by atoms with E-state index in [-0.39, 0.29) is 18.2 Å². The zero-order chi connectivity index (χ0) is 16.6. The van der Waals surface area contributed by atoms with Crippen molar-refractivity contribution in [2.24, 2.45) is 17.3 Å². The van der Waals surface area contributed by atoms with E-state index < -0.39 is 5.41 Å². The molecule has 0 spiro atoms. The molecule has 2 unspecified atom stereocenters. The van der Waals surface area contributed by atoms with Crippen LogP contribution in [0, 0.1) is 17.3 Å². The highest BCUT2D eigenvalue weighted by Crippen LogP contribution is 2.33. The summed E-state index contributed by atoms with van der Waals surface area (Å²) in [7, 11) is 0. The van der Waals surface area contributed by atoms with Crippen molar-refractivity contribution in [3.05, 3.63) is 0 Å². The van der Waals surface area contributed by atoms with Crippen LogP contribution in [0.15, 0.2) is 0 Å². The Kier molecular flexibility index (Phi) is 8.45. The van der Waals surface area contributed by atoms with Crippen molar-refractivity contribution in [3.8, 4) is 0 Å². The number of hydrogen-bond acceptors (Lipinski definition) is 3. The lowest BCUT2D eigenvalue weighted by Crippen LogP contribution is -2.37. The van der Waals surface area contributed by atoms with Gasteiger partial charge in [-0.05, 0) is 31.6 Å². The van der Waals surface area contributed by atoms with E-state index in [1.165, 1.54) is 32.1 Å². The standard InChI is InChI=1S/C19H36O3/c1-6-17(21-14-13-16-11-9-8-10-12-16)22-18(20)19(5,7-2)15(3)4/h15-17H,6-14H2,1-5H3. The molecule has 130 valence electrons. The first-order valence-electron chi connectivity index (χ1n) is 9.26. The van der Waals surface area contributed by atoms with Crippen LogP contribution in [0.2, 0.25) is 0 Å². The van der Waals surface area contributed by atoms with E-state index in [4.69, 9.17) is 9.47 Å². The molecular formula is C19H36O3. The number of rotatable bonds is 9. The number of carbonyl (C=O) groups is 1.